The minimum Gasteiger partial charge on any atom is -0.465 e. The summed E-state index contributed by atoms with van der Waals surface area (Å²) in [6.45, 7) is 4.92. The number of nitrogens with one attached hydrogen (secondary N) is 1. The lowest BCUT2D eigenvalue weighted by Crippen LogP contribution is -2.19. The Bertz CT molecular complexity index is 489. The van der Waals surface area contributed by atoms with Crippen molar-refractivity contribution in [2.24, 2.45) is 0 Å². The van der Waals surface area contributed by atoms with Gasteiger partial charge in [-0.15, -0.1) is 0 Å². The number of halogens is 1. The van der Waals surface area contributed by atoms with Crippen LogP contribution in [-0.2, 0) is 6.54 Å². The van der Waals surface area contributed by atoms with Crippen LogP contribution in [0.15, 0.2) is 45.3 Å². The highest BCUT2D eigenvalue weighted by atomic mass is 79.9. The van der Waals surface area contributed by atoms with E-state index < -0.39 is 0 Å². The van der Waals surface area contributed by atoms with E-state index in [-0.39, 0.29) is 0 Å². The van der Waals surface area contributed by atoms with Gasteiger partial charge in [0.05, 0.1) is 6.54 Å². The third-order valence-corrected chi connectivity index (χ3v) is 3.53. The van der Waals surface area contributed by atoms with Crippen molar-refractivity contribution in [3.8, 4) is 0 Å². The molecule has 1 aromatic heterocycles. The summed E-state index contributed by atoms with van der Waals surface area (Å²) >= 11 is 3.46. The van der Waals surface area contributed by atoms with Crippen molar-refractivity contribution in [2.45, 2.75) is 32.9 Å². The molecule has 0 radical (unpaired) electrons. The number of rotatable bonds is 5. The standard InChI is InChI=1S/C15H18BrNO/c1-3-15(12-5-7-13(16)8-6-12)17-10-14-9-4-11(2)18-14/h4-9,15,17H,3,10H2,1-2H3. The summed E-state index contributed by atoms with van der Waals surface area (Å²) in [4.78, 5) is 0. The fourth-order valence-electron chi connectivity index (χ4n) is 2.00. The lowest BCUT2D eigenvalue weighted by Gasteiger charge is -2.16. The number of hydrogen-bond donors (Lipinski definition) is 1. The van der Waals surface area contributed by atoms with Gasteiger partial charge < -0.3 is 9.73 Å². The van der Waals surface area contributed by atoms with E-state index in [2.05, 4.69) is 52.4 Å². The van der Waals surface area contributed by atoms with E-state index in [1.165, 1.54) is 5.56 Å². The molecular weight excluding hydrogens is 290 g/mol. The van der Waals surface area contributed by atoms with Crippen molar-refractivity contribution in [3.63, 3.8) is 0 Å². The van der Waals surface area contributed by atoms with E-state index in [0.29, 0.717) is 6.04 Å². The van der Waals surface area contributed by atoms with E-state index in [0.717, 1.165) is 29.0 Å². The van der Waals surface area contributed by atoms with E-state index in [1.807, 2.05) is 19.1 Å². The van der Waals surface area contributed by atoms with Gasteiger partial charge in [-0.1, -0.05) is 35.0 Å². The Labute approximate surface area is 117 Å². The summed E-state index contributed by atoms with van der Waals surface area (Å²) in [6.07, 6.45) is 1.06. The zero-order chi connectivity index (χ0) is 13.0. The molecule has 0 aliphatic heterocycles. The molecule has 0 amide bonds. The molecule has 0 fully saturated rings. The average molecular weight is 308 g/mol. The number of aryl methyl sites for hydroxylation is 1. The molecule has 1 unspecified atom stereocenters. The van der Waals surface area contributed by atoms with Crippen LogP contribution in [0.2, 0.25) is 0 Å². The second-order valence-corrected chi connectivity index (χ2v) is 5.32. The van der Waals surface area contributed by atoms with Crippen molar-refractivity contribution in [3.05, 3.63) is 58.0 Å². The molecule has 1 aromatic carbocycles. The molecule has 18 heavy (non-hydrogen) atoms. The Morgan fingerprint density at radius 1 is 1.17 bits per heavy atom. The zero-order valence-electron chi connectivity index (χ0n) is 10.7. The van der Waals surface area contributed by atoms with Gasteiger partial charge >= 0.3 is 0 Å². The van der Waals surface area contributed by atoms with E-state index in [4.69, 9.17) is 4.42 Å². The first-order chi connectivity index (χ1) is 8.69. The topological polar surface area (TPSA) is 25.2 Å². The predicted molar refractivity (Wildman–Crippen MR) is 77.5 cm³/mol. The molecule has 0 spiro atoms. The van der Waals surface area contributed by atoms with Gasteiger partial charge in [-0.3, -0.25) is 0 Å². The van der Waals surface area contributed by atoms with Gasteiger partial charge in [0.25, 0.3) is 0 Å². The van der Waals surface area contributed by atoms with Crippen LogP contribution < -0.4 is 5.32 Å². The molecule has 3 heteroatoms. The maximum Gasteiger partial charge on any atom is 0.117 e. The summed E-state index contributed by atoms with van der Waals surface area (Å²) in [5, 5.41) is 3.53. The number of furan rings is 1. The summed E-state index contributed by atoms with van der Waals surface area (Å²) < 4.78 is 6.68. The van der Waals surface area contributed by atoms with Crippen LogP contribution in [0.5, 0.6) is 0 Å². The quantitative estimate of drug-likeness (QED) is 0.874. The fourth-order valence-corrected chi connectivity index (χ4v) is 2.26. The van der Waals surface area contributed by atoms with Crippen LogP contribution in [0, 0.1) is 6.92 Å². The first-order valence-electron chi connectivity index (χ1n) is 6.23. The molecule has 0 saturated carbocycles. The van der Waals surface area contributed by atoms with Gasteiger partial charge in [0, 0.05) is 10.5 Å². The molecule has 2 nitrogen and oxygen atoms in total. The van der Waals surface area contributed by atoms with Gasteiger partial charge in [-0.05, 0) is 43.2 Å². The van der Waals surface area contributed by atoms with Crippen LogP contribution in [-0.4, -0.2) is 0 Å². The Balaban J connectivity index is 1.99. The van der Waals surface area contributed by atoms with Crippen LogP contribution in [0.25, 0.3) is 0 Å². The van der Waals surface area contributed by atoms with Gasteiger partial charge in [0.2, 0.25) is 0 Å². The summed E-state index contributed by atoms with van der Waals surface area (Å²) in [5.74, 6) is 1.95. The van der Waals surface area contributed by atoms with E-state index in [9.17, 15) is 0 Å². The monoisotopic (exact) mass is 307 g/mol. The second-order valence-electron chi connectivity index (χ2n) is 4.41. The maximum absolute atomic E-state index is 5.56. The van der Waals surface area contributed by atoms with Gasteiger partial charge in [-0.25, -0.2) is 0 Å². The van der Waals surface area contributed by atoms with Gasteiger partial charge in [-0.2, -0.15) is 0 Å². The summed E-state index contributed by atoms with van der Waals surface area (Å²) in [6, 6.07) is 12.8. The predicted octanol–water partition coefficient (Wildman–Crippen LogP) is 4.59. The number of hydrogen-bond acceptors (Lipinski definition) is 2. The third kappa shape index (κ3) is 3.47. The minimum atomic E-state index is 0.364. The molecule has 0 aliphatic carbocycles. The van der Waals surface area contributed by atoms with Crippen molar-refractivity contribution >= 4 is 15.9 Å². The molecule has 1 heterocycles. The Hall–Kier alpha value is -1.06. The first-order valence-corrected chi connectivity index (χ1v) is 7.02. The molecule has 1 atom stereocenters. The largest absolute Gasteiger partial charge is 0.465 e. The van der Waals surface area contributed by atoms with E-state index >= 15 is 0 Å². The highest BCUT2D eigenvalue weighted by molar-refractivity contribution is 9.10. The Morgan fingerprint density at radius 2 is 1.89 bits per heavy atom. The van der Waals surface area contributed by atoms with Crippen molar-refractivity contribution in [1.29, 1.82) is 0 Å². The Morgan fingerprint density at radius 3 is 2.44 bits per heavy atom. The van der Waals surface area contributed by atoms with E-state index in [1.54, 1.807) is 0 Å². The van der Waals surface area contributed by atoms with Crippen molar-refractivity contribution < 1.29 is 4.42 Å². The molecule has 1 N–H and O–H groups in total. The lowest BCUT2D eigenvalue weighted by molar-refractivity contribution is 0.431. The smallest absolute Gasteiger partial charge is 0.117 e. The maximum atomic E-state index is 5.56. The SMILES string of the molecule is CCC(NCc1ccc(C)o1)c1ccc(Br)cc1. The molecular formula is C15H18BrNO. The molecule has 2 aromatic rings. The second kappa shape index (κ2) is 6.21. The number of benzene rings is 1. The highest BCUT2D eigenvalue weighted by Crippen LogP contribution is 2.20. The normalized spacial score (nSPS) is 12.6. The lowest BCUT2D eigenvalue weighted by atomic mass is 10.0. The minimum absolute atomic E-state index is 0.364. The fraction of sp³-hybridized carbons (Fsp3) is 0.333. The van der Waals surface area contributed by atoms with Crippen LogP contribution >= 0.6 is 15.9 Å². The molecule has 2 rings (SSSR count). The van der Waals surface area contributed by atoms with Gasteiger partial charge in [0.15, 0.2) is 0 Å². The molecule has 0 saturated heterocycles. The Kier molecular flexibility index (Phi) is 4.61. The highest BCUT2D eigenvalue weighted by Gasteiger charge is 2.09. The average Bonchev–Trinajstić information content (AvgIpc) is 2.78. The molecule has 96 valence electrons. The third-order valence-electron chi connectivity index (χ3n) is 3.00. The van der Waals surface area contributed by atoms with Gasteiger partial charge in [0.1, 0.15) is 11.5 Å². The van der Waals surface area contributed by atoms with Crippen LogP contribution in [0.3, 0.4) is 0 Å². The molecule has 0 aliphatic rings. The first kappa shape index (κ1) is 13.4. The summed E-state index contributed by atoms with van der Waals surface area (Å²) in [5.41, 5.74) is 1.31. The van der Waals surface area contributed by atoms with Crippen LogP contribution in [0.4, 0.5) is 0 Å². The molecule has 0 bridgehead atoms. The van der Waals surface area contributed by atoms with Crippen molar-refractivity contribution in [2.75, 3.05) is 0 Å². The zero-order valence-corrected chi connectivity index (χ0v) is 12.3. The summed E-state index contributed by atoms with van der Waals surface area (Å²) in [7, 11) is 0. The van der Waals surface area contributed by atoms with Crippen LogP contribution in [0.1, 0.15) is 36.5 Å². The van der Waals surface area contributed by atoms with Crippen molar-refractivity contribution in [1.82, 2.24) is 5.32 Å².